The van der Waals surface area contributed by atoms with Crippen molar-refractivity contribution in [2.45, 2.75) is 24.3 Å². The van der Waals surface area contributed by atoms with Crippen molar-refractivity contribution in [2.75, 3.05) is 38.5 Å². The monoisotopic (exact) mass is 446 g/mol. The van der Waals surface area contributed by atoms with Gasteiger partial charge in [-0.2, -0.15) is 0 Å². The maximum Gasteiger partial charge on any atom is 0.0708 e. The van der Waals surface area contributed by atoms with Crippen LogP contribution >= 0.6 is 11.8 Å². The molecule has 1 heterocycles. The summed E-state index contributed by atoms with van der Waals surface area (Å²) in [5.41, 5.74) is 3.95. The molecule has 1 fully saturated rings. The number of hydrogen-bond acceptors (Lipinski definition) is 4. The summed E-state index contributed by atoms with van der Waals surface area (Å²) in [5, 5.41) is 10.8. The third-order valence-electron chi connectivity index (χ3n) is 6.29. The Morgan fingerprint density at radius 2 is 1.19 bits per heavy atom. The number of aliphatic hydroxyl groups excluding tert-OH is 1. The quantitative estimate of drug-likeness (QED) is 0.486. The predicted molar refractivity (Wildman–Crippen MR) is 136 cm³/mol. The van der Waals surface area contributed by atoms with E-state index in [-0.39, 0.29) is 12.1 Å². The van der Waals surface area contributed by atoms with Crippen molar-refractivity contribution in [1.82, 2.24) is 9.80 Å². The molecule has 1 aliphatic rings. The van der Waals surface area contributed by atoms with Crippen LogP contribution in [0.2, 0.25) is 0 Å². The van der Waals surface area contributed by atoms with Crippen molar-refractivity contribution >= 4 is 11.8 Å². The normalized spacial score (nSPS) is 17.3. The molecule has 3 nitrogen and oxygen atoms in total. The molecule has 1 saturated heterocycles. The van der Waals surface area contributed by atoms with Crippen LogP contribution in [0.3, 0.4) is 0 Å². The topological polar surface area (TPSA) is 26.7 Å². The van der Waals surface area contributed by atoms with Crippen molar-refractivity contribution in [1.29, 1.82) is 0 Å². The first kappa shape index (κ1) is 23.1. The summed E-state index contributed by atoms with van der Waals surface area (Å²) in [4.78, 5) is 5.01. The second-order valence-corrected chi connectivity index (χ2v) is 9.76. The summed E-state index contributed by atoms with van der Waals surface area (Å²) in [6.07, 6.45) is -0.378. The maximum absolute atomic E-state index is 10.4. The summed E-state index contributed by atoms with van der Waals surface area (Å²) >= 11 is 2.03. The van der Waals surface area contributed by atoms with Gasteiger partial charge in [0.15, 0.2) is 0 Å². The molecule has 3 aromatic rings. The Labute approximate surface area is 197 Å². The lowest BCUT2D eigenvalue weighted by Gasteiger charge is -2.40. The second-order valence-electron chi connectivity index (χ2n) is 8.55. The van der Waals surface area contributed by atoms with Gasteiger partial charge < -0.3 is 5.11 Å². The average Bonchev–Trinajstić information content (AvgIpc) is 2.84. The van der Waals surface area contributed by atoms with Crippen LogP contribution < -0.4 is 0 Å². The highest BCUT2D eigenvalue weighted by Crippen LogP contribution is 2.35. The van der Waals surface area contributed by atoms with E-state index in [9.17, 15) is 5.11 Å². The molecule has 0 aromatic heterocycles. The van der Waals surface area contributed by atoms with Crippen molar-refractivity contribution in [3.05, 3.63) is 108 Å². The number of hydrogen-bond donors (Lipinski definition) is 1. The summed E-state index contributed by atoms with van der Waals surface area (Å²) in [5.74, 6) is 1.10. The molecular weight excluding hydrogens is 412 g/mol. The minimum atomic E-state index is -0.378. The molecule has 0 amide bonds. The summed E-state index contributed by atoms with van der Waals surface area (Å²) < 4.78 is 0. The third kappa shape index (κ3) is 6.02. The van der Waals surface area contributed by atoms with Gasteiger partial charge in [0.2, 0.25) is 0 Å². The molecule has 0 bridgehead atoms. The van der Waals surface area contributed by atoms with Crippen LogP contribution in [0.4, 0.5) is 0 Å². The minimum Gasteiger partial charge on any atom is -0.391 e. The van der Waals surface area contributed by atoms with Gasteiger partial charge in [-0.1, -0.05) is 91.0 Å². The smallest absolute Gasteiger partial charge is 0.0708 e. The molecule has 0 aliphatic carbocycles. The van der Waals surface area contributed by atoms with Gasteiger partial charge in [-0.05, 0) is 23.6 Å². The molecule has 4 heteroatoms. The van der Waals surface area contributed by atoms with Crippen LogP contribution in [0.25, 0.3) is 0 Å². The van der Waals surface area contributed by atoms with Gasteiger partial charge in [0.1, 0.15) is 0 Å². The van der Waals surface area contributed by atoms with E-state index < -0.39 is 0 Å². The fourth-order valence-corrected chi connectivity index (χ4v) is 5.95. The molecule has 0 radical (unpaired) electrons. The zero-order chi connectivity index (χ0) is 22.2. The lowest BCUT2D eigenvalue weighted by molar-refractivity contribution is 0.0275. The standard InChI is InChI=1S/C28H34N2OS/c1-23(31)27(24-11-5-2-6-12-24)30-19-17-29(18-20-30)21-22-32-28(25-13-7-3-8-14-25)26-15-9-4-10-16-26/h2-16,23,27-28,31H,17-22H2,1H3. The molecular formula is C28H34N2OS. The third-order valence-corrected chi connectivity index (χ3v) is 7.59. The number of benzene rings is 3. The minimum absolute atomic E-state index is 0.0771. The lowest BCUT2D eigenvalue weighted by Crippen LogP contribution is -2.50. The molecule has 32 heavy (non-hydrogen) atoms. The molecule has 0 saturated carbocycles. The lowest BCUT2D eigenvalue weighted by atomic mass is 10.00. The molecule has 2 atom stereocenters. The zero-order valence-electron chi connectivity index (χ0n) is 18.9. The largest absolute Gasteiger partial charge is 0.391 e. The number of piperazine rings is 1. The fourth-order valence-electron chi connectivity index (χ4n) is 4.65. The van der Waals surface area contributed by atoms with E-state index >= 15 is 0 Å². The van der Waals surface area contributed by atoms with E-state index in [2.05, 4.69) is 94.7 Å². The Hall–Kier alpha value is -2.11. The van der Waals surface area contributed by atoms with Crippen molar-refractivity contribution in [3.63, 3.8) is 0 Å². The highest BCUT2D eigenvalue weighted by atomic mass is 32.2. The Kier molecular flexibility index (Phi) is 8.41. The van der Waals surface area contributed by atoms with Crippen LogP contribution in [0.5, 0.6) is 0 Å². The molecule has 0 spiro atoms. The summed E-state index contributed by atoms with van der Waals surface area (Å²) in [7, 11) is 0. The molecule has 168 valence electrons. The number of aliphatic hydroxyl groups is 1. The van der Waals surface area contributed by atoms with E-state index in [1.807, 2.05) is 24.8 Å². The van der Waals surface area contributed by atoms with Crippen LogP contribution in [0.1, 0.15) is 34.9 Å². The van der Waals surface area contributed by atoms with E-state index in [1.165, 1.54) is 16.7 Å². The van der Waals surface area contributed by atoms with Crippen LogP contribution in [0.15, 0.2) is 91.0 Å². The molecule has 1 aliphatic heterocycles. The fraction of sp³-hybridized carbons (Fsp3) is 0.357. The Morgan fingerprint density at radius 3 is 1.66 bits per heavy atom. The van der Waals surface area contributed by atoms with E-state index in [4.69, 9.17) is 0 Å². The SMILES string of the molecule is CC(O)C(c1ccccc1)N1CCN(CCSC(c2ccccc2)c2ccccc2)CC1. The van der Waals surface area contributed by atoms with Crippen molar-refractivity contribution < 1.29 is 5.11 Å². The van der Waals surface area contributed by atoms with Gasteiger partial charge in [-0.25, -0.2) is 0 Å². The van der Waals surface area contributed by atoms with Crippen molar-refractivity contribution in [2.24, 2.45) is 0 Å². The molecule has 3 aromatic carbocycles. The molecule has 4 rings (SSSR count). The Bertz CT molecular complexity index is 872. The van der Waals surface area contributed by atoms with Gasteiger partial charge >= 0.3 is 0 Å². The predicted octanol–water partition coefficient (Wildman–Crippen LogP) is 5.25. The first-order valence-corrected chi connectivity index (χ1v) is 12.7. The van der Waals surface area contributed by atoms with Crippen LogP contribution in [0, 0.1) is 0 Å². The van der Waals surface area contributed by atoms with Gasteiger partial charge in [0.05, 0.1) is 17.4 Å². The Morgan fingerprint density at radius 1 is 0.719 bits per heavy atom. The highest BCUT2D eigenvalue weighted by molar-refractivity contribution is 7.99. The summed E-state index contributed by atoms with van der Waals surface area (Å²) in [6, 6.07) is 32.2. The Balaban J connectivity index is 1.31. The zero-order valence-corrected chi connectivity index (χ0v) is 19.7. The van der Waals surface area contributed by atoms with Gasteiger partial charge in [-0.15, -0.1) is 11.8 Å². The average molecular weight is 447 g/mol. The van der Waals surface area contributed by atoms with E-state index in [0.29, 0.717) is 5.25 Å². The van der Waals surface area contributed by atoms with Crippen molar-refractivity contribution in [3.8, 4) is 0 Å². The molecule has 1 N–H and O–H groups in total. The van der Waals surface area contributed by atoms with Gasteiger partial charge in [0.25, 0.3) is 0 Å². The molecule has 2 unspecified atom stereocenters. The van der Waals surface area contributed by atoms with E-state index in [1.54, 1.807) is 0 Å². The van der Waals surface area contributed by atoms with Crippen LogP contribution in [-0.4, -0.2) is 59.5 Å². The summed E-state index contributed by atoms with van der Waals surface area (Å²) in [6.45, 7) is 7.11. The first-order valence-electron chi connectivity index (χ1n) is 11.6. The first-order chi connectivity index (χ1) is 15.7. The van der Waals surface area contributed by atoms with Crippen LogP contribution in [-0.2, 0) is 0 Å². The van der Waals surface area contributed by atoms with E-state index in [0.717, 1.165) is 38.5 Å². The van der Waals surface area contributed by atoms with Gasteiger partial charge in [-0.3, -0.25) is 9.80 Å². The number of thioether (sulfide) groups is 1. The second kappa shape index (κ2) is 11.7. The number of nitrogens with zero attached hydrogens (tertiary/aromatic N) is 2. The maximum atomic E-state index is 10.4. The number of rotatable bonds is 9. The van der Waals surface area contributed by atoms with Gasteiger partial charge in [0, 0.05) is 38.5 Å². The highest BCUT2D eigenvalue weighted by Gasteiger charge is 2.28.